The van der Waals surface area contributed by atoms with Gasteiger partial charge in [-0.25, -0.2) is 0 Å². The Balaban J connectivity index is 2.71. The molecule has 2 aromatic rings. The molecule has 0 saturated heterocycles. The van der Waals surface area contributed by atoms with Crippen LogP contribution in [0.25, 0.3) is 5.65 Å². The van der Waals surface area contributed by atoms with E-state index in [0.29, 0.717) is 5.65 Å². The molecule has 0 spiro atoms. The second-order valence-corrected chi connectivity index (χ2v) is 3.27. The molecule has 2 rings (SSSR count). The van der Waals surface area contributed by atoms with Crippen LogP contribution in [0, 0.1) is 0 Å². The average Bonchev–Trinajstić information content (AvgIpc) is 2.57. The summed E-state index contributed by atoms with van der Waals surface area (Å²) in [5, 5.41) is 7.86. The van der Waals surface area contributed by atoms with Crippen molar-refractivity contribution >= 4 is 5.65 Å². The third kappa shape index (κ3) is 1.21. The first-order valence-electron chi connectivity index (χ1n) is 4.63. The van der Waals surface area contributed by atoms with Crippen molar-refractivity contribution in [2.45, 2.75) is 19.8 Å². The highest BCUT2D eigenvalue weighted by molar-refractivity contribution is 5.34. The minimum Gasteiger partial charge on any atom is -0.314 e. The second-order valence-electron chi connectivity index (χ2n) is 3.27. The Labute approximate surface area is 81.0 Å². The van der Waals surface area contributed by atoms with Crippen molar-refractivity contribution in [3.63, 3.8) is 0 Å². The van der Waals surface area contributed by atoms with Gasteiger partial charge < -0.3 is 4.57 Å². The molecule has 5 heteroatoms. The summed E-state index contributed by atoms with van der Waals surface area (Å²) in [5.41, 5.74) is 0.292. The number of aromatic nitrogens is 4. The van der Waals surface area contributed by atoms with Gasteiger partial charge in [0.15, 0.2) is 0 Å². The van der Waals surface area contributed by atoms with Crippen molar-refractivity contribution < 1.29 is 0 Å². The fourth-order valence-corrected chi connectivity index (χ4v) is 1.41. The Bertz CT molecular complexity index is 511. The quantitative estimate of drug-likeness (QED) is 0.691. The SMILES string of the molecule is CCCc1nnc2c(=O)n(C)ccn12. The predicted molar refractivity (Wildman–Crippen MR) is 52.2 cm³/mol. The van der Waals surface area contributed by atoms with E-state index in [0.717, 1.165) is 18.7 Å². The van der Waals surface area contributed by atoms with Crippen LogP contribution in [0.3, 0.4) is 0 Å². The number of hydrogen-bond donors (Lipinski definition) is 0. The van der Waals surface area contributed by atoms with Gasteiger partial charge in [-0.2, -0.15) is 0 Å². The van der Waals surface area contributed by atoms with Crippen molar-refractivity contribution in [3.8, 4) is 0 Å². The molecular weight excluding hydrogens is 180 g/mol. The van der Waals surface area contributed by atoms with E-state index >= 15 is 0 Å². The lowest BCUT2D eigenvalue weighted by atomic mass is 10.3. The van der Waals surface area contributed by atoms with Crippen molar-refractivity contribution in [1.82, 2.24) is 19.2 Å². The third-order valence-electron chi connectivity index (χ3n) is 2.19. The third-order valence-corrected chi connectivity index (χ3v) is 2.19. The summed E-state index contributed by atoms with van der Waals surface area (Å²) in [6.45, 7) is 2.07. The van der Waals surface area contributed by atoms with Gasteiger partial charge in [0, 0.05) is 25.9 Å². The van der Waals surface area contributed by atoms with E-state index in [4.69, 9.17) is 0 Å². The molecule has 2 heterocycles. The fraction of sp³-hybridized carbons (Fsp3) is 0.444. The molecule has 0 aromatic carbocycles. The molecule has 5 nitrogen and oxygen atoms in total. The summed E-state index contributed by atoms with van der Waals surface area (Å²) in [7, 11) is 1.70. The van der Waals surface area contributed by atoms with Gasteiger partial charge >= 0.3 is 0 Å². The van der Waals surface area contributed by atoms with E-state index in [1.54, 1.807) is 17.6 Å². The van der Waals surface area contributed by atoms with Crippen LogP contribution in [0.15, 0.2) is 17.2 Å². The molecule has 0 aliphatic carbocycles. The molecule has 14 heavy (non-hydrogen) atoms. The largest absolute Gasteiger partial charge is 0.314 e. The Morgan fingerprint density at radius 1 is 1.36 bits per heavy atom. The second kappa shape index (κ2) is 3.25. The Kier molecular flexibility index (Phi) is 2.07. The van der Waals surface area contributed by atoms with Gasteiger partial charge in [0.2, 0.25) is 5.65 Å². The maximum Gasteiger partial charge on any atom is 0.295 e. The Morgan fingerprint density at radius 3 is 2.86 bits per heavy atom. The molecule has 0 aliphatic heterocycles. The number of rotatable bonds is 2. The van der Waals surface area contributed by atoms with Crippen LogP contribution in [-0.4, -0.2) is 19.2 Å². The average molecular weight is 192 g/mol. The lowest BCUT2D eigenvalue weighted by molar-refractivity contribution is 0.800. The highest BCUT2D eigenvalue weighted by Gasteiger charge is 2.07. The smallest absolute Gasteiger partial charge is 0.295 e. The molecule has 74 valence electrons. The first-order chi connectivity index (χ1) is 6.74. The minimum absolute atomic E-state index is 0.109. The predicted octanol–water partition coefficient (Wildman–Crippen LogP) is 0.380. The maximum atomic E-state index is 11.6. The van der Waals surface area contributed by atoms with Gasteiger partial charge in [-0.1, -0.05) is 6.92 Å². The molecule has 2 aromatic heterocycles. The normalized spacial score (nSPS) is 11.0. The van der Waals surface area contributed by atoms with Gasteiger partial charge in [0.1, 0.15) is 5.82 Å². The summed E-state index contributed by atoms with van der Waals surface area (Å²) in [6, 6.07) is 0. The molecule has 0 N–H and O–H groups in total. The summed E-state index contributed by atoms with van der Waals surface area (Å²) >= 11 is 0. The van der Waals surface area contributed by atoms with Crippen LogP contribution in [0.4, 0.5) is 0 Å². The van der Waals surface area contributed by atoms with Crippen LogP contribution in [0.5, 0.6) is 0 Å². The molecule has 0 fully saturated rings. The highest BCUT2D eigenvalue weighted by atomic mass is 16.1. The highest BCUT2D eigenvalue weighted by Crippen LogP contribution is 2.00. The molecule has 0 bridgehead atoms. The van der Waals surface area contributed by atoms with Gasteiger partial charge in [-0.05, 0) is 6.42 Å². The summed E-state index contributed by atoms with van der Waals surface area (Å²) in [6.07, 6.45) is 5.38. The Hall–Kier alpha value is -1.65. The maximum absolute atomic E-state index is 11.6. The lowest BCUT2D eigenvalue weighted by Crippen LogP contribution is -2.18. The summed E-state index contributed by atoms with van der Waals surface area (Å²) < 4.78 is 3.26. The van der Waals surface area contributed by atoms with E-state index in [1.165, 1.54) is 4.57 Å². The minimum atomic E-state index is -0.109. The molecular formula is C9H12N4O. The fourth-order valence-electron chi connectivity index (χ4n) is 1.41. The van der Waals surface area contributed by atoms with E-state index in [1.807, 2.05) is 6.20 Å². The Morgan fingerprint density at radius 2 is 2.14 bits per heavy atom. The number of hydrogen-bond acceptors (Lipinski definition) is 3. The zero-order valence-electron chi connectivity index (χ0n) is 8.27. The summed E-state index contributed by atoms with van der Waals surface area (Å²) in [4.78, 5) is 11.6. The molecule has 0 aliphatic rings. The number of aryl methyl sites for hydroxylation is 2. The molecule has 0 atom stereocenters. The van der Waals surface area contributed by atoms with Crippen LogP contribution in [0.2, 0.25) is 0 Å². The zero-order valence-corrected chi connectivity index (χ0v) is 8.27. The van der Waals surface area contributed by atoms with Gasteiger partial charge in [-0.15, -0.1) is 10.2 Å². The monoisotopic (exact) mass is 192 g/mol. The lowest BCUT2D eigenvalue weighted by Gasteiger charge is -1.98. The van der Waals surface area contributed by atoms with Crippen LogP contribution < -0.4 is 5.56 Å². The van der Waals surface area contributed by atoms with Crippen molar-refractivity contribution in [2.24, 2.45) is 7.05 Å². The van der Waals surface area contributed by atoms with Gasteiger partial charge in [-0.3, -0.25) is 9.20 Å². The number of nitrogens with zero attached hydrogens (tertiary/aromatic N) is 4. The topological polar surface area (TPSA) is 52.2 Å². The van der Waals surface area contributed by atoms with Crippen molar-refractivity contribution in [3.05, 3.63) is 28.6 Å². The van der Waals surface area contributed by atoms with E-state index < -0.39 is 0 Å². The van der Waals surface area contributed by atoms with Crippen molar-refractivity contribution in [1.29, 1.82) is 0 Å². The zero-order chi connectivity index (χ0) is 10.1. The van der Waals surface area contributed by atoms with Crippen molar-refractivity contribution in [2.75, 3.05) is 0 Å². The van der Waals surface area contributed by atoms with E-state index in [2.05, 4.69) is 17.1 Å². The molecule has 0 unspecified atom stereocenters. The summed E-state index contributed by atoms with van der Waals surface area (Å²) in [5.74, 6) is 0.847. The first-order valence-corrected chi connectivity index (χ1v) is 4.63. The number of fused-ring (bicyclic) bond motifs is 1. The first kappa shape index (κ1) is 8.93. The van der Waals surface area contributed by atoms with Crippen LogP contribution >= 0.6 is 0 Å². The van der Waals surface area contributed by atoms with Crippen LogP contribution in [-0.2, 0) is 13.5 Å². The molecule has 0 saturated carbocycles. The van der Waals surface area contributed by atoms with Gasteiger partial charge in [0.25, 0.3) is 5.56 Å². The van der Waals surface area contributed by atoms with E-state index in [-0.39, 0.29) is 5.56 Å². The van der Waals surface area contributed by atoms with E-state index in [9.17, 15) is 4.79 Å². The molecule has 0 amide bonds. The van der Waals surface area contributed by atoms with Crippen LogP contribution in [0.1, 0.15) is 19.2 Å². The molecule has 0 radical (unpaired) electrons. The standard InChI is InChI=1S/C9H12N4O/c1-3-4-7-10-11-8-9(14)12(2)5-6-13(7)8/h5-6H,3-4H2,1-2H3. The van der Waals surface area contributed by atoms with Gasteiger partial charge in [0.05, 0.1) is 0 Å².